The Bertz CT molecular complexity index is 497. The van der Waals surface area contributed by atoms with Crippen LogP contribution in [0.4, 0.5) is 13.2 Å². The summed E-state index contributed by atoms with van der Waals surface area (Å²) in [5, 5.41) is 0. The van der Waals surface area contributed by atoms with Crippen molar-refractivity contribution in [2.45, 2.75) is 6.36 Å². The van der Waals surface area contributed by atoms with Gasteiger partial charge in [-0.05, 0) is 23.8 Å². The van der Waals surface area contributed by atoms with Gasteiger partial charge in [0.15, 0.2) is 0 Å². The fraction of sp³-hybridized carbons (Fsp3) is 0.0833. The molecule has 17 heavy (non-hydrogen) atoms. The summed E-state index contributed by atoms with van der Waals surface area (Å²) in [6.07, 6.45) is -0.454. The van der Waals surface area contributed by atoms with Crippen LogP contribution in [-0.2, 0) is 0 Å². The highest BCUT2D eigenvalue weighted by Gasteiger charge is 2.31. The molecule has 0 saturated heterocycles. The van der Waals surface area contributed by atoms with E-state index in [0.29, 0.717) is 11.1 Å². The third-order valence-corrected chi connectivity index (χ3v) is 1.99. The van der Waals surface area contributed by atoms with E-state index in [1.807, 2.05) is 0 Å². The third-order valence-electron chi connectivity index (χ3n) is 1.99. The van der Waals surface area contributed by atoms with Gasteiger partial charge in [0.2, 0.25) is 0 Å². The predicted octanol–water partition coefficient (Wildman–Crippen LogP) is 3.45. The highest BCUT2D eigenvalue weighted by Crippen LogP contribution is 2.27. The Labute approximate surface area is 95.7 Å². The van der Waals surface area contributed by atoms with Gasteiger partial charge in [-0.25, -0.2) is 0 Å². The molecular weight excluding hydrogens is 231 g/mol. The highest BCUT2D eigenvalue weighted by atomic mass is 19.4. The maximum atomic E-state index is 12.0. The van der Waals surface area contributed by atoms with Crippen LogP contribution in [0.3, 0.4) is 0 Å². The van der Waals surface area contributed by atoms with E-state index in [9.17, 15) is 13.2 Å². The van der Waals surface area contributed by atoms with Crippen molar-refractivity contribution >= 4 is 0 Å². The number of pyridine rings is 1. The molecule has 0 atom stereocenters. The summed E-state index contributed by atoms with van der Waals surface area (Å²) in [5.74, 6) is -0.257. The molecule has 0 amide bonds. The number of rotatable bonds is 2. The summed E-state index contributed by atoms with van der Waals surface area (Å²) >= 11 is 0. The molecule has 1 heterocycles. The molecule has 0 aliphatic carbocycles. The number of alkyl halides is 3. The minimum absolute atomic E-state index is 0.257. The molecule has 2 rings (SSSR count). The van der Waals surface area contributed by atoms with Crippen LogP contribution in [0.15, 0.2) is 42.6 Å². The SMILES string of the molecule is FC(F)(F)Oc1cccc(-c2[c]nccc2)c1. The molecule has 0 aliphatic heterocycles. The number of aromatic nitrogens is 1. The van der Waals surface area contributed by atoms with Gasteiger partial charge in [-0.15, -0.1) is 13.2 Å². The summed E-state index contributed by atoms with van der Waals surface area (Å²) < 4.78 is 39.9. The number of halogens is 3. The number of benzene rings is 1. The summed E-state index contributed by atoms with van der Waals surface area (Å²) in [5.41, 5.74) is 1.18. The largest absolute Gasteiger partial charge is 0.573 e. The molecule has 1 aromatic carbocycles. The molecule has 5 heteroatoms. The molecule has 1 radical (unpaired) electrons. The molecule has 0 fully saturated rings. The van der Waals surface area contributed by atoms with Gasteiger partial charge in [0.05, 0.1) is 6.20 Å². The Balaban J connectivity index is 2.29. The minimum atomic E-state index is -4.68. The first kappa shape index (κ1) is 11.4. The van der Waals surface area contributed by atoms with Crippen LogP contribution in [0.1, 0.15) is 0 Å². The lowest BCUT2D eigenvalue weighted by Crippen LogP contribution is -2.17. The predicted molar refractivity (Wildman–Crippen MR) is 55.2 cm³/mol. The maximum absolute atomic E-state index is 12.0. The number of ether oxygens (including phenoxy) is 1. The van der Waals surface area contributed by atoms with Gasteiger partial charge in [0.25, 0.3) is 0 Å². The average molecular weight is 238 g/mol. The van der Waals surface area contributed by atoms with E-state index < -0.39 is 6.36 Å². The van der Waals surface area contributed by atoms with Crippen molar-refractivity contribution in [3.63, 3.8) is 0 Å². The second-order valence-corrected chi connectivity index (χ2v) is 3.24. The Morgan fingerprint density at radius 2 is 1.94 bits per heavy atom. The zero-order valence-corrected chi connectivity index (χ0v) is 8.53. The van der Waals surface area contributed by atoms with Crippen molar-refractivity contribution in [2.75, 3.05) is 0 Å². The molecule has 1 aromatic heterocycles. The van der Waals surface area contributed by atoms with Gasteiger partial charge >= 0.3 is 6.36 Å². The standard InChI is InChI=1S/C12H7F3NO/c13-12(14,15)17-11-5-1-3-9(7-11)10-4-2-6-16-8-10/h1-7H. The monoisotopic (exact) mass is 238 g/mol. The van der Waals surface area contributed by atoms with Crippen molar-refractivity contribution < 1.29 is 17.9 Å². The number of hydrogen-bond donors (Lipinski definition) is 0. The Morgan fingerprint density at radius 3 is 2.59 bits per heavy atom. The zero-order valence-electron chi connectivity index (χ0n) is 8.53. The second-order valence-electron chi connectivity index (χ2n) is 3.24. The smallest absolute Gasteiger partial charge is 0.406 e. The van der Waals surface area contributed by atoms with E-state index in [0.717, 1.165) is 0 Å². The third kappa shape index (κ3) is 3.21. The van der Waals surface area contributed by atoms with Crippen molar-refractivity contribution in [1.82, 2.24) is 4.98 Å². The molecule has 0 N–H and O–H groups in total. The fourth-order valence-electron chi connectivity index (χ4n) is 1.35. The van der Waals surface area contributed by atoms with Crippen molar-refractivity contribution in [3.8, 4) is 16.9 Å². The van der Waals surface area contributed by atoms with Crippen LogP contribution in [-0.4, -0.2) is 11.3 Å². The topological polar surface area (TPSA) is 22.1 Å². The van der Waals surface area contributed by atoms with Gasteiger partial charge < -0.3 is 4.74 Å². The maximum Gasteiger partial charge on any atom is 0.573 e. The molecule has 0 aliphatic rings. The van der Waals surface area contributed by atoms with E-state index >= 15 is 0 Å². The normalized spacial score (nSPS) is 11.2. The van der Waals surface area contributed by atoms with E-state index in [-0.39, 0.29) is 5.75 Å². The fourth-order valence-corrected chi connectivity index (χ4v) is 1.35. The lowest BCUT2D eigenvalue weighted by molar-refractivity contribution is -0.274. The molecule has 87 valence electrons. The molecule has 0 bridgehead atoms. The van der Waals surface area contributed by atoms with E-state index in [1.165, 1.54) is 18.2 Å². The van der Waals surface area contributed by atoms with E-state index in [1.54, 1.807) is 24.4 Å². The van der Waals surface area contributed by atoms with E-state index in [4.69, 9.17) is 0 Å². The molecular formula is C12H7F3NO. The summed E-state index contributed by atoms with van der Waals surface area (Å²) in [4.78, 5) is 3.78. The Kier molecular flexibility index (Phi) is 2.99. The molecule has 2 nitrogen and oxygen atoms in total. The molecule has 2 aromatic rings. The zero-order chi connectivity index (χ0) is 12.3. The Morgan fingerprint density at radius 1 is 1.12 bits per heavy atom. The van der Waals surface area contributed by atoms with Crippen LogP contribution in [0.5, 0.6) is 5.75 Å². The quantitative estimate of drug-likeness (QED) is 0.799. The summed E-state index contributed by atoms with van der Waals surface area (Å²) in [7, 11) is 0. The van der Waals surface area contributed by atoms with Crippen LogP contribution in [0.2, 0.25) is 0 Å². The van der Waals surface area contributed by atoms with Gasteiger partial charge in [-0.2, -0.15) is 0 Å². The van der Waals surface area contributed by atoms with Gasteiger partial charge in [0.1, 0.15) is 5.75 Å². The van der Waals surface area contributed by atoms with Crippen LogP contribution >= 0.6 is 0 Å². The first-order chi connectivity index (χ1) is 8.04. The molecule has 0 spiro atoms. The number of hydrogen-bond acceptors (Lipinski definition) is 2. The molecule has 0 saturated carbocycles. The van der Waals surface area contributed by atoms with E-state index in [2.05, 4.69) is 15.9 Å². The van der Waals surface area contributed by atoms with Gasteiger partial charge in [-0.1, -0.05) is 18.2 Å². The van der Waals surface area contributed by atoms with Crippen molar-refractivity contribution in [2.24, 2.45) is 0 Å². The lowest BCUT2D eigenvalue weighted by Gasteiger charge is -2.09. The van der Waals surface area contributed by atoms with Crippen LogP contribution in [0.25, 0.3) is 11.1 Å². The Hall–Kier alpha value is -2.04. The van der Waals surface area contributed by atoms with Crippen molar-refractivity contribution in [3.05, 3.63) is 48.8 Å². The first-order valence-corrected chi connectivity index (χ1v) is 4.73. The van der Waals surface area contributed by atoms with Crippen molar-refractivity contribution in [1.29, 1.82) is 0 Å². The van der Waals surface area contributed by atoms with Crippen LogP contribution < -0.4 is 4.74 Å². The van der Waals surface area contributed by atoms with Gasteiger partial charge in [0, 0.05) is 11.8 Å². The molecule has 0 unspecified atom stereocenters. The summed E-state index contributed by atoms with van der Waals surface area (Å²) in [6, 6.07) is 9.07. The van der Waals surface area contributed by atoms with Crippen LogP contribution in [0, 0.1) is 6.20 Å². The lowest BCUT2D eigenvalue weighted by atomic mass is 10.1. The van der Waals surface area contributed by atoms with Gasteiger partial charge in [-0.3, -0.25) is 4.98 Å². The highest BCUT2D eigenvalue weighted by molar-refractivity contribution is 5.63. The minimum Gasteiger partial charge on any atom is -0.406 e. The summed E-state index contributed by atoms with van der Waals surface area (Å²) in [6.45, 7) is 0. The first-order valence-electron chi connectivity index (χ1n) is 4.73. The average Bonchev–Trinajstić information content (AvgIpc) is 2.28. The second kappa shape index (κ2) is 4.45. The number of nitrogens with zero attached hydrogens (tertiary/aromatic N) is 1.